The summed E-state index contributed by atoms with van der Waals surface area (Å²) in [6.45, 7) is 3.36. The Kier molecular flexibility index (Phi) is 13.6. The summed E-state index contributed by atoms with van der Waals surface area (Å²) < 4.78 is 0.303. The number of carboxylic acid groups (broad SMARTS) is 1. The van der Waals surface area contributed by atoms with Crippen molar-refractivity contribution in [1.29, 1.82) is 0 Å². The van der Waals surface area contributed by atoms with Gasteiger partial charge in [0.15, 0.2) is 6.54 Å². The van der Waals surface area contributed by atoms with Crippen molar-refractivity contribution in [3.63, 3.8) is 0 Å². The first-order valence-corrected chi connectivity index (χ1v) is 11.3. The Morgan fingerprint density at radius 2 is 1.64 bits per heavy atom. The maximum absolute atomic E-state index is 11.2. The van der Waals surface area contributed by atoms with Gasteiger partial charge in [0.25, 0.3) is 0 Å². The van der Waals surface area contributed by atoms with Gasteiger partial charge in [0.05, 0.1) is 6.20 Å². The van der Waals surface area contributed by atoms with Gasteiger partial charge in [0.2, 0.25) is 5.84 Å². The average Bonchev–Trinajstić information content (AvgIpc) is 3.03. The zero-order chi connectivity index (χ0) is 20.5. The fourth-order valence-corrected chi connectivity index (χ4v) is 3.81. The Morgan fingerprint density at radius 3 is 2.25 bits per heavy atom. The summed E-state index contributed by atoms with van der Waals surface area (Å²) in [5.74, 6) is 0.155. The minimum absolute atomic E-state index is 0.0413. The van der Waals surface area contributed by atoms with Crippen LogP contribution in [-0.2, 0) is 4.79 Å². The molecule has 1 aliphatic heterocycles. The third-order valence-electron chi connectivity index (χ3n) is 5.45. The van der Waals surface area contributed by atoms with Gasteiger partial charge in [-0.3, -0.25) is 0 Å². The number of carbonyl (C=O) groups is 1. The molecule has 0 saturated heterocycles. The summed E-state index contributed by atoms with van der Waals surface area (Å²) in [6, 6.07) is 0. The second kappa shape index (κ2) is 15.5. The number of nitrogens with zero attached hydrogens (tertiary/aromatic N) is 2. The van der Waals surface area contributed by atoms with Gasteiger partial charge >= 0.3 is 5.97 Å². The van der Waals surface area contributed by atoms with E-state index in [2.05, 4.69) is 24.1 Å². The number of aliphatic carboxylic acids is 1. The summed E-state index contributed by atoms with van der Waals surface area (Å²) in [5, 5.41) is 9.23. The van der Waals surface area contributed by atoms with Crippen molar-refractivity contribution in [3.05, 3.63) is 24.6 Å². The molecule has 1 unspecified atom stereocenters. The molecule has 0 fully saturated rings. The number of hydrogen-bond donors (Lipinski definition) is 2. The summed E-state index contributed by atoms with van der Waals surface area (Å²) in [5.41, 5.74) is 5.71. The van der Waals surface area contributed by atoms with Crippen LogP contribution in [0.15, 0.2) is 29.5 Å². The summed E-state index contributed by atoms with van der Waals surface area (Å²) in [6.07, 6.45) is 24.4. The third-order valence-corrected chi connectivity index (χ3v) is 5.45. The largest absolute Gasteiger partial charge is 0.477 e. The number of carboxylic acids is 1. The van der Waals surface area contributed by atoms with E-state index in [1.54, 1.807) is 6.20 Å². The second-order valence-electron chi connectivity index (χ2n) is 7.92. The van der Waals surface area contributed by atoms with Crippen LogP contribution in [0, 0.1) is 0 Å². The van der Waals surface area contributed by atoms with Gasteiger partial charge in [0, 0.05) is 13.0 Å². The predicted octanol–water partition coefficient (Wildman–Crippen LogP) is 5.38. The summed E-state index contributed by atoms with van der Waals surface area (Å²) in [7, 11) is 0. The number of rotatable bonds is 18. The first-order valence-electron chi connectivity index (χ1n) is 11.3. The van der Waals surface area contributed by atoms with Gasteiger partial charge in [-0.15, -0.1) is 0 Å². The van der Waals surface area contributed by atoms with Crippen molar-refractivity contribution in [2.75, 3.05) is 19.6 Å². The molecule has 0 saturated carbocycles. The Labute approximate surface area is 172 Å². The zero-order valence-electron chi connectivity index (χ0n) is 18.0. The maximum Gasteiger partial charge on any atom is 0.360 e. The molecule has 28 heavy (non-hydrogen) atoms. The van der Waals surface area contributed by atoms with Crippen LogP contribution in [0.1, 0.15) is 90.4 Å². The van der Waals surface area contributed by atoms with Crippen molar-refractivity contribution in [2.24, 2.45) is 10.7 Å². The summed E-state index contributed by atoms with van der Waals surface area (Å²) >= 11 is 0. The fourth-order valence-electron chi connectivity index (χ4n) is 3.81. The number of hydrogen-bond acceptors (Lipinski definition) is 3. The highest BCUT2D eigenvalue weighted by atomic mass is 16.4. The minimum atomic E-state index is -0.802. The van der Waals surface area contributed by atoms with Crippen LogP contribution < -0.4 is 5.73 Å². The van der Waals surface area contributed by atoms with Crippen LogP contribution in [-0.4, -0.2) is 41.0 Å². The van der Waals surface area contributed by atoms with Crippen LogP contribution in [0.4, 0.5) is 0 Å². The molecule has 0 aliphatic carbocycles. The van der Waals surface area contributed by atoms with Crippen molar-refractivity contribution in [3.8, 4) is 0 Å². The Morgan fingerprint density at radius 1 is 1.04 bits per heavy atom. The van der Waals surface area contributed by atoms with E-state index < -0.39 is 5.97 Å². The average molecular weight is 393 g/mol. The molecule has 0 aromatic carbocycles. The van der Waals surface area contributed by atoms with Crippen LogP contribution in [0.2, 0.25) is 0 Å². The third kappa shape index (κ3) is 10.2. The number of amidine groups is 1. The smallest absolute Gasteiger partial charge is 0.360 e. The molecule has 1 rings (SSSR count). The first kappa shape index (κ1) is 24.6. The molecule has 1 heterocycles. The van der Waals surface area contributed by atoms with Gasteiger partial charge in [-0.25, -0.2) is 14.3 Å². The number of nitrogens with two attached hydrogens (primary N) is 1. The van der Waals surface area contributed by atoms with E-state index in [1.165, 1.54) is 70.6 Å². The molecule has 5 nitrogen and oxygen atoms in total. The fraction of sp³-hybridized carbons (Fsp3) is 0.739. The molecule has 0 aromatic heterocycles. The van der Waals surface area contributed by atoms with Crippen LogP contribution in [0.3, 0.4) is 0 Å². The molecule has 5 heteroatoms. The van der Waals surface area contributed by atoms with Crippen molar-refractivity contribution in [1.82, 2.24) is 0 Å². The molecule has 0 bridgehead atoms. The molecule has 3 N–H and O–H groups in total. The lowest BCUT2D eigenvalue weighted by molar-refractivity contribution is -0.778. The number of allylic oxidation sites excluding steroid dienone is 2. The Hall–Kier alpha value is -1.46. The topological polar surface area (TPSA) is 75.7 Å². The van der Waals surface area contributed by atoms with E-state index in [4.69, 9.17) is 5.73 Å². The van der Waals surface area contributed by atoms with E-state index in [0.29, 0.717) is 17.6 Å². The van der Waals surface area contributed by atoms with E-state index >= 15 is 0 Å². The van der Waals surface area contributed by atoms with Crippen molar-refractivity contribution >= 4 is 11.8 Å². The highest BCUT2D eigenvalue weighted by Gasteiger charge is 2.36. The molecule has 0 radical (unpaired) electrons. The standard InChI is InChI=1S/C23H41N3O2/c1-2-3-4-5-6-7-8-9-10-11-12-13-14-15-16-22-25-18-20-26(22,19-17-24)21-23(27)28/h6-7,18,20H,2-5,8-17,19,21,24H2,1H3/p+1/b7-6+. The first-order chi connectivity index (χ1) is 13.6. The molecule has 0 amide bonds. The molecular weight excluding hydrogens is 350 g/mol. The number of quaternary nitrogens is 1. The van der Waals surface area contributed by atoms with E-state index in [0.717, 1.165) is 18.7 Å². The lowest BCUT2D eigenvalue weighted by Crippen LogP contribution is -2.52. The van der Waals surface area contributed by atoms with E-state index in [-0.39, 0.29) is 6.54 Å². The zero-order valence-corrected chi connectivity index (χ0v) is 18.0. The van der Waals surface area contributed by atoms with Gasteiger partial charge in [-0.1, -0.05) is 64.0 Å². The van der Waals surface area contributed by atoms with Gasteiger partial charge in [-0.2, -0.15) is 0 Å². The van der Waals surface area contributed by atoms with Crippen molar-refractivity contribution in [2.45, 2.75) is 90.4 Å². The lowest BCUT2D eigenvalue weighted by atomic mass is 10.1. The van der Waals surface area contributed by atoms with Gasteiger partial charge in [0.1, 0.15) is 12.7 Å². The minimum Gasteiger partial charge on any atom is -0.477 e. The quantitative estimate of drug-likeness (QED) is 0.187. The number of aliphatic imine (C=N–C) groups is 1. The SMILES string of the molecule is CCCCC/C=C/CCCCCCCCCC1=NC=C[N+]1(CCN)CC(=O)O. The van der Waals surface area contributed by atoms with Crippen molar-refractivity contribution < 1.29 is 14.4 Å². The Bertz CT molecular complexity index is 514. The van der Waals surface area contributed by atoms with Crippen LogP contribution in [0.5, 0.6) is 0 Å². The van der Waals surface area contributed by atoms with E-state index in [1.807, 2.05) is 6.20 Å². The van der Waals surface area contributed by atoms with Gasteiger partial charge < -0.3 is 10.8 Å². The second-order valence-corrected chi connectivity index (χ2v) is 7.92. The number of unbranched alkanes of at least 4 members (excludes halogenated alkanes) is 10. The maximum atomic E-state index is 11.2. The highest BCUT2D eigenvalue weighted by Crippen LogP contribution is 2.21. The molecule has 0 aromatic rings. The lowest BCUT2D eigenvalue weighted by Gasteiger charge is -2.30. The molecule has 0 spiro atoms. The summed E-state index contributed by atoms with van der Waals surface area (Å²) in [4.78, 5) is 15.7. The normalized spacial score (nSPS) is 18.9. The molecule has 160 valence electrons. The Balaban J connectivity index is 2.06. The molecular formula is C23H42N3O2+. The predicted molar refractivity (Wildman–Crippen MR) is 118 cm³/mol. The monoisotopic (exact) mass is 392 g/mol. The van der Waals surface area contributed by atoms with E-state index in [9.17, 15) is 9.90 Å². The molecule has 1 aliphatic rings. The van der Waals surface area contributed by atoms with Gasteiger partial charge in [-0.05, 0) is 32.1 Å². The van der Waals surface area contributed by atoms with Crippen LogP contribution >= 0.6 is 0 Å². The highest BCUT2D eigenvalue weighted by molar-refractivity contribution is 5.81. The molecule has 1 atom stereocenters. The van der Waals surface area contributed by atoms with Crippen LogP contribution in [0.25, 0.3) is 0 Å².